The maximum atomic E-state index is 12.9. The fourth-order valence-electron chi connectivity index (χ4n) is 4.08. The molecule has 8 nitrogen and oxygen atoms in total. The van der Waals surface area contributed by atoms with Crippen molar-refractivity contribution in [2.24, 2.45) is 0 Å². The minimum absolute atomic E-state index is 0.0959. The predicted octanol–water partition coefficient (Wildman–Crippen LogP) is 0.761. The first-order valence-corrected chi connectivity index (χ1v) is 10.9. The lowest BCUT2D eigenvalue weighted by atomic mass is 9.91. The summed E-state index contributed by atoms with van der Waals surface area (Å²) in [6.07, 6.45) is 2.44. The molecule has 29 heavy (non-hydrogen) atoms. The van der Waals surface area contributed by atoms with Crippen molar-refractivity contribution < 1.29 is 14.6 Å². The third-order valence-electron chi connectivity index (χ3n) is 6.13. The molecule has 2 aromatic rings. The highest BCUT2D eigenvalue weighted by atomic mass is 32.1. The highest BCUT2D eigenvalue weighted by Crippen LogP contribution is 2.27. The van der Waals surface area contributed by atoms with E-state index in [4.69, 9.17) is 4.74 Å². The smallest absolute Gasteiger partial charge is 0.262 e. The SMILES string of the molecule is Cc1sc2ncn(CC3(O)CCN(C(=O)CN4CCOCC4)CC3)c(=O)c2c1C. The maximum Gasteiger partial charge on any atom is 0.262 e. The number of amides is 1. The standard InChI is InChI=1S/C20H28N4O4S/c1-14-15(2)29-18-17(14)19(26)24(13-21-18)12-20(27)3-5-23(6-4-20)16(25)11-22-7-9-28-10-8-22/h13,27H,3-12H2,1-2H3. The lowest BCUT2D eigenvalue weighted by Gasteiger charge is -2.39. The molecule has 158 valence electrons. The topological polar surface area (TPSA) is 87.9 Å². The number of aliphatic hydroxyl groups is 1. The highest BCUT2D eigenvalue weighted by Gasteiger charge is 2.35. The van der Waals surface area contributed by atoms with Crippen LogP contribution in [0.2, 0.25) is 0 Å². The summed E-state index contributed by atoms with van der Waals surface area (Å²) in [7, 11) is 0. The number of fused-ring (bicyclic) bond motifs is 1. The van der Waals surface area contributed by atoms with E-state index >= 15 is 0 Å². The van der Waals surface area contributed by atoms with Crippen molar-refractivity contribution >= 4 is 27.5 Å². The van der Waals surface area contributed by atoms with Gasteiger partial charge in [-0.05, 0) is 32.3 Å². The lowest BCUT2D eigenvalue weighted by Crippen LogP contribution is -2.52. The largest absolute Gasteiger partial charge is 0.388 e. The Balaban J connectivity index is 1.40. The third kappa shape index (κ3) is 4.23. The van der Waals surface area contributed by atoms with Crippen LogP contribution in [0, 0.1) is 13.8 Å². The van der Waals surface area contributed by atoms with Crippen LogP contribution in [0.15, 0.2) is 11.1 Å². The van der Waals surface area contributed by atoms with Crippen LogP contribution in [-0.4, -0.2) is 81.9 Å². The second kappa shape index (κ2) is 8.14. The minimum Gasteiger partial charge on any atom is -0.388 e. The molecule has 1 amide bonds. The van der Waals surface area contributed by atoms with E-state index in [1.54, 1.807) is 0 Å². The minimum atomic E-state index is -1.01. The molecule has 9 heteroatoms. The average molecular weight is 421 g/mol. The molecule has 0 bridgehead atoms. The molecule has 2 aliphatic heterocycles. The molecule has 0 spiro atoms. The van der Waals surface area contributed by atoms with Gasteiger partial charge in [-0.15, -0.1) is 11.3 Å². The van der Waals surface area contributed by atoms with Crippen molar-refractivity contribution in [2.75, 3.05) is 45.9 Å². The zero-order valence-electron chi connectivity index (χ0n) is 17.0. The summed E-state index contributed by atoms with van der Waals surface area (Å²) in [6.45, 7) is 8.44. The molecule has 2 saturated heterocycles. The molecule has 4 rings (SSSR count). The number of ether oxygens (including phenoxy) is 1. The number of likely N-dealkylation sites (tertiary alicyclic amines) is 1. The van der Waals surface area contributed by atoms with Crippen molar-refractivity contribution in [3.8, 4) is 0 Å². The van der Waals surface area contributed by atoms with E-state index in [-0.39, 0.29) is 18.0 Å². The normalized spacial score (nSPS) is 20.3. The fraction of sp³-hybridized carbons (Fsp3) is 0.650. The van der Waals surface area contributed by atoms with Crippen LogP contribution < -0.4 is 5.56 Å². The molecule has 2 aromatic heterocycles. The first-order chi connectivity index (χ1) is 13.9. The van der Waals surface area contributed by atoms with Gasteiger partial charge < -0.3 is 14.7 Å². The molecule has 2 fully saturated rings. The summed E-state index contributed by atoms with van der Waals surface area (Å²) in [5.41, 5.74) is -0.142. The van der Waals surface area contributed by atoms with Gasteiger partial charge in [-0.25, -0.2) is 4.98 Å². The fourth-order valence-corrected chi connectivity index (χ4v) is 5.07. The van der Waals surface area contributed by atoms with E-state index in [1.165, 1.54) is 22.2 Å². The molecular weight excluding hydrogens is 392 g/mol. The Morgan fingerprint density at radius 2 is 1.93 bits per heavy atom. The summed E-state index contributed by atoms with van der Waals surface area (Å²) in [5, 5.41) is 11.7. The predicted molar refractivity (Wildman–Crippen MR) is 111 cm³/mol. The van der Waals surface area contributed by atoms with Crippen molar-refractivity contribution in [3.05, 3.63) is 27.1 Å². The summed E-state index contributed by atoms with van der Waals surface area (Å²) in [5.74, 6) is 0.0959. The Morgan fingerprint density at radius 3 is 2.62 bits per heavy atom. The van der Waals surface area contributed by atoms with E-state index in [0.717, 1.165) is 28.4 Å². The van der Waals surface area contributed by atoms with Crippen molar-refractivity contribution in [3.63, 3.8) is 0 Å². The van der Waals surface area contributed by atoms with Gasteiger partial charge in [0.2, 0.25) is 5.91 Å². The highest BCUT2D eigenvalue weighted by molar-refractivity contribution is 7.18. The molecule has 0 radical (unpaired) electrons. The monoisotopic (exact) mass is 420 g/mol. The average Bonchev–Trinajstić information content (AvgIpc) is 3.00. The van der Waals surface area contributed by atoms with Crippen LogP contribution in [0.3, 0.4) is 0 Å². The van der Waals surface area contributed by atoms with Crippen LogP contribution >= 0.6 is 11.3 Å². The van der Waals surface area contributed by atoms with Crippen LogP contribution in [0.1, 0.15) is 23.3 Å². The molecule has 2 aliphatic rings. The van der Waals surface area contributed by atoms with Gasteiger partial charge in [0.25, 0.3) is 5.56 Å². The number of carbonyl (C=O) groups is 1. The zero-order chi connectivity index (χ0) is 20.6. The number of thiophene rings is 1. The quantitative estimate of drug-likeness (QED) is 0.786. The second-order valence-electron chi connectivity index (χ2n) is 8.13. The van der Waals surface area contributed by atoms with Gasteiger partial charge in [0.1, 0.15) is 4.83 Å². The number of aryl methyl sites for hydroxylation is 2. The van der Waals surface area contributed by atoms with E-state index < -0.39 is 5.60 Å². The lowest BCUT2D eigenvalue weighted by molar-refractivity contribution is -0.138. The van der Waals surface area contributed by atoms with Gasteiger partial charge >= 0.3 is 0 Å². The van der Waals surface area contributed by atoms with Crippen LogP contribution in [0.4, 0.5) is 0 Å². The summed E-state index contributed by atoms with van der Waals surface area (Å²) >= 11 is 1.52. The first-order valence-electron chi connectivity index (χ1n) is 10.1. The van der Waals surface area contributed by atoms with Crippen molar-refractivity contribution in [1.29, 1.82) is 0 Å². The van der Waals surface area contributed by atoms with Gasteiger partial charge in [-0.1, -0.05) is 0 Å². The molecule has 1 N–H and O–H groups in total. The van der Waals surface area contributed by atoms with E-state index in [2.05, 4.69) is 9.88 Å². The van der Waals surface area contributed by atoms with E-state index in [9.17, 15) is 14.7 Å². The van der Waals surface area contributed by atoms with Crippen LogP contribution in [0.25, 0.3) is 10.2 Å². The molecule has 0 atom stereocenters. The third-order valence-corrected chi connectivity index (χ3v) is 7.25. The molecule has 0 saturated carbocycles. The number of aromatic nitrogens is 2. The van der Waals surface area contributed by atoms with Gasteiger partial charge in [-0.3, -0.25) is 19.1 Å². The summed E-state index contributed by atoms with van der Waals surface area (Å²) in [6, 6.07) is 0. The Hall–Kier alpha value is -1.81. The number of rotatable bonds is 4. The maximum absolute atomic E-state index is 12.9. The molecule has 4 heterocycles. The zero-order valence-corrected chi connectivity index (χ0v) is 17.8. The number of morpholine rings is 1. The molecule has 0 aromatic carbocycles. The number of carbonyl (C=O) groups excluding carboxylic acids is 1. The Morgan fingerprint density at radius 1 is 1.24 bits per heavy atom. The van der Waals surface area contributed by atoms with Crippen LogP contribution in [0.5, 0.6) is 0 Å². The van der Waals surface area contributed by atoms with Crippen molar-refractivity contribution in [1.82, 2.24) is 19.4 Å². The number of nitrogens with zero attached hydrogens (tertiary/aromatic N) is 4. The summed E-state index contributed by atoms with van der Waals surface area (Å²) in [4.78, 5) is 35.7. The van der Waals surface area contributed by atoms with Crippen molar-refractivity contribution in [2.45, 2.75) is 38.8 Å². The van der Waals surface area contributed by atoms with Gasteiger partial charge in [0, 0.05) is 31.1 Å². The van der Waals surface area contributed by atoms with Crippen LogP contribution in [-0.2, 0) is 16.1 Å². The molecule has 0 unspecified atom stereocenters. The molecular formula is C20H28N4O4S. The number of hydrogen-bond acceptors (Lipinski definition) is 7. The number of hydrogen-bond donors (Lipinski definition) is 1. The van der Waals surface area contributed by atoms with Gasteiger partial charge in [0.15, 0.2) is 0 Å². The molecule has 0 aliphatic carbocycles. The van der Waals surface area contributed by atoms with Gasteiger partial charge in [-0.2, -0.15) is 0 Å². The Kier molecular flexibility index (Phi) is 5.74. The van der Waals surface area contributed by atoms with E-state index in [1.807, 2.05) is 18.7 Å². The Bertz CT molecular complexity index is 955. The second-order valence-corrected chi connectivity index (χ2v) is 9.34. The van der Waals surface area contributed by atoms with E-state index in [0.29, 0.717) is 51.1 Å². The van der Waals surface area contributed by atoms with Gasteiger partial charge in [0.05, 0.1) is 43.6 Å². The Labute approximate surface area is 173 Å². The number of piperidine rings is 1. The summed E-state index contributed by atoms with van der Waals surface area (Å²) < 4.78 is 6.84. The first kappa shape index (κ1) is 20.5.